The molecule has 0 unspecified atom stereocenters. The summed E-state index contributed by atoms with van der Waals surface area (Å²) in [5.74, 6) is 0.251. The van der Waals surface area contributed by atoms with Crippen LogP contribution in [0, 0.1) is 0 Å². The van der Waals surface area contributed by atoms with Crippen LogP contribution in [0.2, 0.25) is 0 Å². The number of hydrogen-bond acceptors (Lipinski definition) is 4. The second-order valence-corrected chi connectivity index (χ2v) is 8.82. The fraction of sp³-hybridized carbons (Fsp3) is 0.316. The zero-order valence-electron chi connectivity index (χ0n) is 15.5. The van der Waals surface area contributed by atoms with Gasteiger partial charge in [-0.05, 0) is 78.2 Å². The molecule has 2 N–H and O–H groups in total. The van der Waals surface area contributed by atoms with E-state index in [1.807, 2.05) is 18.2 Å². The molecule has 0 saturated carbocycles. The van der Waals surface area contributed by atoms with E-state index in [1.165, 1.54) is 17.7 Å². The van der Waals surface area contributed by atoms with Crippen molar-refractivity contribution < 1.29 is 17.9 Å². The van der Waals surface area contributed by atoms with Crippen molar-refractivity contribution in [1.82, 2.24) is 4.72 Å². The Hall–Kier alpha value is -1.90. The first-order valence-electron chi connectivity index (χ1n) is 8.54. The Balaban J connectivity index is 1.94. The molecular weight excluding hydrogens is 432 g/mol. The average molecular weight is 455 g/mol. The lowest BCUT2D eigenvalue weighted by Gasteiger charge is -2.11. The number of aryl methyl sites for hydroxylation is 1. The van der Waals surface area contributed by atoms with E-state index in [2.05, 4.69) is 32.9 Å². The molecule has 0 aliphatic carbocycles. The molecule has 0 atom stereocenters. The van der Waals surface area contributed by atoms with Gasteiger partial charge in [0.25, 0.3) is 5.91 Å². The fourth-order valence-electron chi connectivity index (χ4n) is 2.32. The minimum absolute atomic E-state index is 0.144. The molecule has 0 aliphatic heterocycles. The number of amides is 1. The number of carbonyl (C=O) groups is 1. The van der Waals surface area contributed by atoms with Crippen molar-refractivity contribution in [2.75, 3.05) is 11.9 Å². The third-order valence-electron chi connectivity index (χ3n) is 3.60. The Labute approximate surface area is 168 Å². The summed E-state index contributed by atoms with van der Waals surface area (Å²) in [6.45, 7) is 5.41. The molecule has 0 bridgehead atoms. The summed E-state index contributed by atoms with van der Waals surface area (Å²) in [6, 6.07) is 11.5. The van der Waals surface area contributed by atoms with Gasteiger partial charge in [0.15, 0.2) is 6.61 Å². The summed E-state index contributed by atoms with van der Waals surface area (Å²) >= 11 is 3.43. The van der Waals surface area contributed by atoms with Gasteiger partial charge < -0.3 is 10.1 Å². The van der Waals surface area contributed by atoms with Crippen LogP contribution in [0.4, 0.5) is 5.69 Å². The van der Waals surface area contributed by atoms with Crippen molar-refractivity contribution in [1.29, 1.82) is 0 Å². The summed E-state index contributed by atoms with van der Waals surface area (Å²) in [6.07, 6.45) is 0.914. The summed E-state index contributed by atoms with van der Waals surface area (Å²) in [5, 5.41) is 2.68. The number of rotatable bonds is 8. The zero-order chi connectivity index (χ0) is 20.0. The molecule has 1 amide bonds. The highest BCUT2D eigenvalue weighted by molar-refractivity contribution is 9.10. The van der Waals surface area contributed by atoms with Crippen LogP contribution in [0.5, 0.6) is 5.75 Å². The number of anilines is 1. The lowest BCUT2D eigenvalue weighted by molar-refractivity contribution is -0.118. The van der Waals surface area contributed by atoms with Gasteiger partial charge in [0, 0.05) is 11.7 Å². The van der Waals surface area contributed by atoms with Crippen LogP contribution in [0.3, 0.4) is 0 Å². The van der Waals surface area contributed by atoms with E-state index in [-0.39, 0.29) is 23.5 Å². The minimum Gasteiger partial charge on any atom is -0.483 e. The fourth-order valence-corrected chi connectivity index (χ4v) is 4.11. The Morgan fingerprint density at radius 1 is 1.15 bits per heavy atom. The van der Waals surface area contributed by atoms with Crippen LogP contribution in [0.1, 0.15) is 26.3 Å². The molecular formula is C19H23BrN2O4S. The second kappa shape index (κ2) is 9.34. The number of carbonyl (C=O) groups excluding carboxylic acids is 1. The SMILES string of the molecule is CCc1ccc(OCC(=O)Nc2ccc(S(=O)(=O)NC(C)C)cc2)c(Br)c1. The molecule has 2 aromatic rings. The van der Waals surface area contributed by atoms with Gasteiger partial charge in [-0.2, -0.15) is 0 Å². The molecule has 0 saturated heterocycles. The second-order valence-electron chi connectivity index (χ2n) is 6.26. The number of nitrogens with one attached hydrogen (secondary N) is 2. The van der Waals surface area contributed by atoms with Crippen LogP contribution in [-0.4, -0.2) is 27.0 Å². The molecule has 0 aromatic heterocycles. The number of hydrogen-bond donors (Lipinski definition) is 2. The first-order valence-corrected chi connectivity index (χ1v) is 10.8. The Bertz CT molecular complexity index is 896. The number of halogens is 1. The van der Waals surface area contributed by atoms with E-state index >= 15 is 0 Å². The van der Waals surface area contributed by atoms with E-state index in [9.17, 15) is 13.2 Å². The van der Waals surface area contributed by atoms with E-state index in [1.54, 1.807) is 26.0 Å². The monoisotopic (exact) mass is 454 g/mol. The summed E-state index contributed by atoms with van der Waals surface area (Å²) in [4.78, 5) is 12.2. The van der Waals surface area contributed by atoms with Crippen LogP contribution in [0.25, 0.3) is 0 Å². The van der Waals surface area contributed by atoms with Crippen molar-refractivity contribution in [2.45, 2.75) is 38.1 Å². The summed E-state index contributed by atoms with van der Waals surface area (Å²) < 4.78 is 33.0. The van der Waals surface area contributed by atoms with Gasteiger partial charge in [-0.25, -0.2) is 13.1 Å². The lowest BCUT2D eigenvalue weighted by Crippen LogP contribution is -2.30. The molecule has 2 rings (SSSR count). The third-order valence-corrected chi connectivity index (χ3v) is 5.90. The van der Waals surface area contributed by atoms with E-state index in [0.29, 0.717) is 11.4 Å². The third kappa shape index (κ3) is 6.34. The molecule has 0 heterocycles. The maximum atomic E-state index is 12.1. The summed E-state index contributed by atoms with van der Waals surface area (Å²) in [7, 11) is -3.55. The van der Waals surface area contributed by atoms with Crippen LogP contribution < -0.4 is 14.8 Å². The molecule has 146 valence electrons. The molecule has 6 nitrogen and oxygen atoms in total. The van der Waals surface area contributed by atoms with Gasteiger partial charge in [0.2, 0.25) is 10.0 Å². The maximum absolute atomic E-state index is 12.1. The Kier molecular flexibility index (Phi) is 7.41. The molecule has 0 aliphatic rings. The molecule has 2 aromatic carbocycles. The summed E-state index contributed by atoms with van der Waals surface area (Å²) in [5.41, 5.74) is 1.66. The van der Waals surface area contributed by atoms with E-state index < -0.39 is 10.0 Å². The quantitative estimate of drug-likeness (QED) is 0.636. The largest absolute Gasteiger partial charge is 0.483 e. The van der Waals surface area contributed by atoms with Crippen LogP contribution in [-0.2, 0) is 21.2 Å². The van der Waals surface area contributed by atoms with E-state index in [0.717, 1.165) is 10.9 Å². The van der Waals surface area contributed by atoms with Gasteiger partial charge in [0.05, 0.1) is 9.37 Å². The van der Waals surface area contributed by atoms with Crippen molar-refractivity contribution in [3.63, 3.8) is 0 Å². The highest BCUT2D eigenvalue weighted by atomic mass is 79.9. The first-order chi connectivity index (χ1) is 12.7. The van der Waals surface area contributed by atoms with Crippen LogP contribution in [0.15, 0.2) is 51.8 Å². The van der Waals surface area contributed by atoms with Gasteiger partial charge >= 0.3 is 0 Å². The molecule has 0 radical (unpaired) electrons. The molecule has 8 heteroatoms. The molecule has 0 fully saturated rings. The lowest BCUT2D eigenvalue weighted by atomic mass is 10.2. The highest BCUT2D eigenvalue weighted by Gasteiger charge is 2.15. The normalized spacial score (nSPS) is 11.4. The molecule has 0 spiro atoms. The smallest absolute Gasteiger partial charge is 0.262 e. The Morgan fingerprint density at radius 2 is 1.81 bits per heavy atom. The molecule has 27 heavy (non-hydrogen) atoms. The van der Waals surface area contributed by atoms with Crippen molar-refractivity contribution in [3.8, 4) is 5.75 Å². The number of ether oxygens (including phenoxy) is 1. The topological polar surface area (TPSA) is 84.5 Å². The van der Waals surface area contributed by atoms with Crippen molar-refractivity contribution >= 4 is 37.5 Å². The minimum atomic E-state index is -3.55. The number of sulfonamides is 1. The van der Waals surface area contributed by atoms with Crippen LogP contribution >= 0.6 is 15.9 Å². The highest BCUT2D eigenvalue weighted by Crippen LogP contribution is 2.26. The van der Waals surface area contributed by atoms with Crippen molar-refractivity contribution in [3.05, 3.63) is 52.5 Å². The first kappa shape index (κ1) is 21.4. The van der Waals surface area contributed by atoms with Crippen molar-refractivity contribution in [2.24, 2.45) is 0 Å². The van der Waals surface area contributed by atoms with Gasteiger partial charge in [-0.3, -0.25) is 4.79 Å². The zero-order valence-corrected chi connectivity index (χ0v) is 17.9. The predicted molar refractivity (Wildman–Crippen MR) is 110 cm³/mol. The number of benzene rings is 2. The van der Waals surface area contributed by atoms with Gasteiger partial charge in [-0.1, -0.05) is 13.0 Å². The average Bonchev–Trinajstić information content (AvgIpc) is 2.60. The van der Waals surface area contributed by atoms with Gasteiger partial charge in [-0.15, -0.1) is 0 Å². The standard InChI is InChI=1S/C19H23BrN2O4S/c1-4-14-5-10-18(17(20)11-14)26-12-19(23)21-15-6-8-16(9-7-15)27(24,25)22-13(2)3/h5-11,13,22H,4,12H2,1-3H3,(H,21,23). The van der Waals surface area contributed by atoms with Gasteiger partial charge in [0.1, 0.15) is 5.75 Å². The Morgan fingerprint density at radius 3 is 2.37 bits per heavy atom. The maximum Gasteiger partial charge on any atom is 0.262 e. The predicted octanol–water partition coefficient (Wildman–Crippen LogP) is 3.72. The van der Waals surface area contributed by atoms with E-state index in [4.69, 9.17) is 4.74 Å².